The molecule has 0 saturated carbocycles. The molecule has 0 aromatic heterocycles. The minimum Gasteiger partial charge on any atom is -0.496 e. The third-order valence-corrected chi connectivity index (χ3v) is 3.45. The van der Waals surface area contributed by atoms with Crippen LogP contribution in [-0.2, 0) is 6.42 Å². The first-order valence-corrected chi connectivity index (χ1v) is 6.19. The van der Waals surface area contributed by atoms with Gasteiger partial charge in [-0.25, -0.2) is 0 Å². The summed E-state index contributed by atoms with van der Waals surface area (Å²) in [7, 11) is 1.73. The number of methoxy groups -OCH3 is 1. The molecule has 2 nitrogen and oxygen atoms in total. The highest BCUT2D eigenvalue weighted by atomic mass is 16.5. The zero-order chi connectivity index (χ0) is 13.2. The molecule has 0 saturated heterocycles. The van der Waals surface area contributed by atoms with Crippen LogP contribution in [0.15, 0.2) is 6.07 Å². The van der Waals surface area contributed by atoms with Crippen molar-refractivity contribution in [2.45, 2.75) is 53.0 Å². The molecule has 1 aromatic carbocycles. The van der Waals surface area contributed by atoms with Crippen molar-refractivity contribution in [2.75, 3.05) is 7.11 Å². The Bertz CT molecular complexity index is 402. The molecular formula is C15H25NO. The topological polar surface area (TPSA) is 35.2 Å². The fourth-order valence-corrected chi connectivity index (χ4v) is 2.14. The summed E-state index contributed by atoms with van der Waals surface area (Å²) in [6, 6.07) is 2.13. The van der Waals surface area contributed by atoms with Crippen LogP contribution in [0.2, 0.25) is 0 Å². The van der Waals surface area contributed by atoms with Crippen molar-refractivity contribution in [1.29, 1.82) is 0 Å². The Morgan fingerprint density at radius 1 is 1.18 bits per heavy atom. The summed E-state index contributed by atoms with van der Waals surface area (Å²) in [6.07, 6.45) is 2.03. The van der Waals surface area contributed by atoms with Gasteiger partial charge in [-0.3, -0.25) is 0 Å². The third-order valence-electron chi connectivity index (χ3n) is 3.45. The van der Waals surface area contributed by atoms with Gasteiger partial charge in [-0.2, -0.15) is 0 Å². The van der Waals surface area contributed by atoms with Crippen molar-refractivity contribution in [3.63, 3.8) is 0 Å². The van der Waals surface area contributed by atoms with E-state index in [1.54, 1.807) is 7.11 Å². The molecule has 0 spiro atoms. The van der Waals surface area contributed by atoms with Crippen LogP contribution >= 0.6 is 0 Å². The number of rotatable bonds is 4. The number of aryl methyl sites for hydroxylation is 1. The maximum Gasteiger partial charge on any atom is 0.122 e. The Kier molecular flexibility index (Phi) is 4.21. The maximum absolute atomic E-state index is 6.05. The number of hydrogen-bond donors (Lipinski definition) is 1. The molecule has 0 bridgehead atoms. The summed E-state index contributed by atoms with van der Waals surface area (Å²) in [5.41, 5.74) is 11.2. The van der Waals surface area contributed by atoms with Crippen LogP contribution in [0.1, 0.15) is 42.5 Å². The molecule has 1 rings (SSSR count). The number of nitrogens with two attached hydrogens (primary N) is 1. The van der Waals surface area contributed by atoms with Gasteiger partial charge in [0, 0.05) is 5.54 Å². The van der Waals surface area contributed by atoms with Gasteiger partial charge in [-0.15, -0.1) is 0 Å². The van der Waals surface area contributed by atoms with Crippen molar-refractivity contribution in [1.82, 2.24) is 0 Å². The van der Waals surface area contributed by atoms with E-state index in [2.05, 4.69) is 40.7 Å². The second-order valence-electron chi connectivity index (χ2n) is 5.61. The number of hydrogen-bond acceptors (Lipinski definition) is 2. The van der Waals surface area contributed by atoms with Crippen LogP contribution in [0.4, 0.5) is 0 Å². The van der Waals surface area contributed by atoms with Gasteiger partial charge < -0.3 is 10.5 Å². The Morgan fingerprint density at radius 2 is 1.76 bits per heavy atom. The quantitative estimate of drug-likeness (QED) is 0.869. The van der Waals surface area contributed by atoms with Gasteiger partial charge in [-0.05, 0) is 75.8 Å². The van der Waals surface area contributed by atoms with Crippen LogP contribution in [-0.4, -0.2) is 12.6 Å². The summed E-state index contributed by atoms with van der Waals surface area (Å²) >= 11 is 0. The van der Waals surface area contributed by atoms with Crippen LogP contribution in [0.3, 0.4) is 0 Å². The SMILES string of the molecule is COc1cc(C)c(CCC(C)(C)N)c(C)c1C. The largest absolute Gasteiger partial charge is 0.496 e. The van der Waals surface area contributed by atoms with E-state index in [9.17, 15) is 0 Å². The third kappa shape index (κ3) is 3.47. The van der Waals surface area contributed by atoms with Gasteiger partial charge in [-0.1, -0.05) is 0 Å². The first kappa shape index (κ1) is 14.0. The lowest BCUT2D eigenvalue weighted by Gasteiger charge is -2.21. The fraction of sp³-hybridized carbons (Fsp3) is 0.600. The normalized spacial score (nSPS) is 11.7. The lowest BCUT2D eigenvalue weighted by Crippen LogP contribution is -2.32. The minimum atomic E-state index is -0.104. The predicted octanol–water partition coefficient (Wildman–Crippen LogP) is 3.29. The Labute approximate surface area is 105 Å². The summed E-state index contributed by atoms with van der Waals surface area (Å²) < 4.78 is 5.38. The summed E-state index contributed by atoms with van der Waals surface area (Å²) in [5.74, 6) is 0.982. The highest BCUT2D eigenvalue weighted by Crippen LogP contribution is 2.28. The highest BCUT2D eigenvalue weighted by molar-refractivity contribution is 5.48. The lowest BCUT2D eigenvalue weighted by molar-refractivity contribution is 0.410. The molecule has 96 valence electrons. The summed E-state index contributed by atoms with van der Waals surface area (Å²) in [6.45, 7) is 10.6. The molecule has 0 fully saturated rings. The minimum absolute atomic E-state index is 0.104. The van der Waals surface area contributed by atoms with Crippen molar-refractivity contribution in [2.24, 2.45) is 5.73 Å². The molecule has 2 heteroatoms. The summed E-state index contributed by atoms with van der Waals surface area (Å²) in [4.78, 5) is 0. The Morgan fingerprint density at radius 3 is 2.24 bits per heavy atom. The van der Waals surface area contributed by atoms with Crippen LogP contribution in [0, 0.1) is 20.8 Å². The van der Waals surface area contributed by atoms with Gasteiger partial charge in [0.25, 0.3) is 0 Å². The molecule has 17 heavy (non-hydrogen) atoms. The van der Waals surface area contributed by atoms with E-state index < -0.39 is 0 Å². The van der Waals surface area contributed by atoms with Gasteiger partial charge in [0.05, 0.1) is 7.11 Å². The molecule has 0 aliphatic carbocycles. The first-order chi connectivity index (χ1) is 7.76. The van der Waals surface area contributed by atoms with E-state index in [1.807, 2.05) is 0 Å². The summed E-state index contributed by atoms with van der Waals surface area (Å²) in [5, 5.41) is 0. The molecule has 0 amide bonds. The Hall–Kier alpha value is -1.02. The average Bonchev–Trinajstić information content (AvgIpc) is 2.21. The second-order valence-corrected chi connectivity index (χ2v) is 5.61. The standard InChI is InChI=1S/C15H25NO/c1-10-9-14(17-6)12(3)11(2)13(10)7-8-15(4,5)16/h9H,7-8,16H2,1-6H3. The monoisotopic (exact) mass is 235 g/mol. The Balaban J connectivity index is 3.05. The highest BCUT2D eigenvalue weighted by Gasteiger charge is 2.15. The molecule has 0 radical (unpaired) electrons. The second kappa shape index (κ2) is 5.09. The first-order valence-electron chi connectivity index (χ1n) is 6.19. The van der Waals surface area contributed by atoms with Crippen LogP contribution < -0.4 is 10.5 Å². The van der Waals surface area contributed by atoms with E-state index in [1.165, 1.54) is 22.3 Å². The molecule has 0 heterocycles. The van der Waals surface area contributed by atoms with Crippen LogP contribution in [0.25, 0.3) is 0 Å². The molecule has 0 aliphatic rings. The average molecular weight is 235 g/mol. The number of benzene rings is 1. The molecule has 0 unspecified atom stereocenters. The van der Waals surface area contributed by atoms with Crippen molar-refractivity contribution < 1.29 is 4.74 Å². The zero-order valence-electron chi connectivity index (χ0n) is 12.0. The number of ether oxygens (including phenoxy) is 1. The molecule has 1 aromatic rings. The fourth-order valence-electron chi connectivity index (χ4n) is 2.14. The van der Waals surface area contributed by atoms with E-state index in [4.69, 9.17) is 10.5 Å². The van der Waals surface area contributed by atoms with Crippen molar-refractivity contribution >= 4 is 0 Å². The zero-order valence-corrected chi connectivity index (χ0v) is 12.0. The van der Waals surface area contributed by atoms with Gasteiger partial charge in [0.2, 0.25) is 0 Å². The van der Waals surface area contributed by atoms with E-state index in [-0.39, 0.29) is 5.54 Å². The van der Waals surface area contributed by atoms with Crippen LogP contribution in [0.5, 0.6) is 5.75 Å². The smallest absolute Gasteiger partial charge is 0.122 e. The van der Waals surface area contributed by atoms with Crippen molar-refractivity contribution in [3.05, 3.63) is 28.3 Å². The molecular weight excluding hydrogens is 210 g/mol. The van der Waals surface area contributed by atoms with Gasteiger partial charge >= 0.3 is 0 Å². The molecule has 0 aliphatic heterocycles. The molecule has 0 atom stereocenters. The lowest BCUT2D eigenvalue weighted by atomic mass is 9.90. The van der Waals surface area contributed by atoms with Gasteiger partial charge in [0.15, 0.2) is 0 Å². The maximum atomic E-state index is 6.05. The molecule has 2 N–H and O–H groups in total. The van der Waals surface area contributed by atoms with E-state index in [0.29, 0.717) is 0 Å². The van der Waals surface area contributed by atoms with E-state index in [0.717, 1.165) is 18.6 Å². The van der Waals surface area contributed by atoms with Gasteiger partial charge in [0.1, 0.15) is 5.75 Å². The van der Waals surface area contributed by atoms with Crippen molar-refractivity contribution in [3.8, 4) is 5.75 Å². The van der Waals surface area contributed by atoms with E-state index >= 15 is 0 Å². The predicted molar refractivity (Wildman–Crippen MR) is 73.8 cm³/mol.